The lowest BCUT2D eigenvalue weighted by Gasteiger charge is -2.46. The summed E-state index contributed by atoms with van der Waals surface area (Å²) in [6.45, 7) is 3.24. The number of aliphatic hydroxyl groups is 2. The number of ether oxygens (including phenoxy) is 3. The summed E-state index contributed by atoms with van der Waals surface area (Å²) in [6.07, 6.45) is 1.01. The summed E-state index contributed by atoms with van der Waals surface area (Å²) in [7, 11) is 0. The van der Waals surface area contributed by atoms with E-state index in [1.807, 2.05) is 24.3 Å². The zero-order chi connectivity index (χ0) is 20.7. The Labute approximate surface area is 180 Å². The van der Waals surface area contributed by atoms with Gasteiger partial charge in [-0.05, 0) is 48.7 Å². The molecule has 160 valence electrons. The molecule has 2 N–H and O–H groups in total. The van der Waals surface area contributed by atoms with Crippen LogP contribution in [-0.4, -0.2) is 53.6 Å². The van der Waals surface area contributed by atoms with Crippen LogP contribution in [0.25, 0.3) is 0 Å². The van der Waals surface area contributed by atoms with Crippen molar-refractivity contribution in [2.45, 2.75) is 37.1 Å². The fraction of sp³-hybridized carbons (Fsp3) is 0.478. The van der Waals surface area contributed by atoms with Crippen molar-refractivity contribution < 1.29 is 24.4 Å². The number of hydrogen-bond acceptors (Lipinski definition) is 6. The molecule has 2 aromatic rings. The first-order valence-corrected chi connectivity index (χ1v) is 10.9. The number of likely N-dealkylation sites (tertiary alicyclic amines) is 1. The Kier molecular flexibility index (Phi) is 5.27. The van der Waals surface area contributed by atoms with Gasteiger partial charge in [0.15, 0.2) is 11.5 Å². The average Bonchev–Trinajstić information content (AvgIpc) is 2.76. The molecule has 0 amide bonds. The third-order valence-electron chi connectivity index (χ3n) is 6.37. The standard InChI is InChI=1S/C23H26ClNO5/c24-16-2-4-20-17(12-16)18(26)13-23(30-20)5-7-25(8-6-23)14-19(27)15-1-3-21-22(11-15)29-10-9-28-21/h1-4,11-12,18-19,26-27H,5-10,13-14H2/t18-,19-/m0/s1. The summed E-state index contributed by atoms with van der Waals surface area (Å²) in [6, 6.07) is 11.1. The molecule has 30 heavy (non-hydrogen) atoms. The maximum atomic E-state index is 10.8. The van der Waals surface area contributed by atoms with Crippen LogP contribution >= 0.6 is 11.6 Å². The van der Waals surface area contributed by atoms with Crippen molar-refractivity contribution in [2.24, 2.45) is 0 Å². The summed E-state index contributed by atoms with van der Waals surface area (Å²) < 4.78 is 17.5. The van der Waals surface area contributed by atoms with E-state index in [1.54, 1.807) is 12.1 Å². The van der Waals surface area contributed by atoms with Crippen molar-refractivity contribution in [3.05, 3.63) is 52.5 Å². The van der Waals surface area contributed by atoms with Crippen LogP contribution in [-0.2, 0) is 0 Å². The summed E-state index contributed by atoms with van der Waals surface area (Å²) in [5.41, 5.74) is 1.23. The zero-order valence-electron chi connectivity index (χ0n) is 16.7. The summed E-state index contributed by atoms with van der Waals surface area (Å²) in [4.78, 5) is 2.25. The van der Waals surface area contributed by atoms with Crippen molar-refractivity contribution in [1.29, 1.82) is 0 Å². The Bertz CT molecular complexity index is 928. The van der Waals surface area contributed by atoms with Crippen LogP contribution < -0.4 is 14.2 Å². The molecule has 0 aliphatic carbocycles. The van der Waals surface area contributed by atoms with E-state index in [4.69, 9.17) is 25.8 Å². The average molecular weight is 432 g/mol. The minimum absolute atomic E-state index is 0.362. The number of nitrogens with zero attached hydrogens (tertiary/aromatic N) is 1. The number of piperidine rings is 1. The molecule has 0 aromatic heterocycles. The Morgan fingerprint density at radius 3 is 2.57 bits per heavy atom. The monoisotopic (exact) mass is 431 g/mol. The number of benzene rings is 2. The van der Waals surface area contributed by atoms with E-state index in [0.29, 0.717) is 37.0 Å². The van der Waals surface area contributed by atoms with Gasteiger partial charge in [-0.25, -0.2) is 0 Å². The van der Waals surface area contributed by atoms with Gasteiger partial charge in [-0.2, -0.15) is 0 Å². The molecule has 7 heteroatoms. The lowest BCUT2D eigenvalue weighted by Crippen LogP contribution is -2.51. The molecule has 1 saturated heterocycles. The molecule has 5 rings (SSSR count). The van der Waals surface area contributed by atoms with Crippen molar-refractivity contribution in [3.8, 4) is 17.2 Å². The Morgan fingerprint density at radius 1 is 1.03 bits per heavy atom. The highest BCUT2D eigenvalue weighted by Crippen LogP contribution is 2.45. The topological polar surface area (TPSA) is 71.4 Å². The van der Waals surface area contributed by atoms with Crippen LogP contribution in [0.2, 0.25) is 5.02 Å². The largest absolute Gasteiger partial charge is 0.487 e. The third-order valence-corrected chi connectivity index (χ3v) is 6.61. The fourth-order valence-corrected chi connectivity index (χ4v) is 4.86. The zero-order valence-corrected chi connectivity index (χ0v) is 17.5. The second-order valence-corrected chi connectivity index (χ2v) is 8.84. The lowest BCUT2D eigenvalue weighted by molar-refractivity contribution is -0.0587. The Morgan fingerprint density at radius 2 is 1.77 bits per heavy atom. The summed E-state index contributed by atoms with van der Waals surface area (Å²) in [5.74, 6) is 2.15. The molecule has 3 aliphatic rings. The minimum atomic E-state index is -0.601. The minimum Gasteiger partial charge on any atom is -0.487 e. The third kappa shape index (κ3) is 3.85. The van der Waals surface area contributed by atoms with E-state index in [0.717, 1.165) is 48.6 Å². The van der Waals surface area contributed by atoms with E-state index in [1.165, 1.54) is 0 Å². The van der Waals surface area contributed by atoms with Gasteiger partial charge >= 0.3 is 0 Å². The highest BCUT2D eigenvalue weighted by molar-refractivity contribution is 6.30. The van der Waals surface area contributed by atoms with Crippen LogP contribution in [0.15, 0.2) is 36.4 Å². The molecular formula is C23H26ClNO5. The molecule has 1 spiro atoms. The number of halogens is 1. The molecule has 2 aromatic carbocycles. The van der Waals surface area contributed by atoms with Crippen LogP contribution in [0.1, 0.15) is 42.6 Å². The van der Waals surface area contributed by atoms with Crippen LogP contribution in [0.4, 0.5) is 0 Å². The van der Waals surface area contributed by atoms with E-state index >= 15 is 0 Å². The van der Waals surface area contributed by atoms with E-state index in [9.17, 15) is 10.2 Å². The quantitative estimate of drug-likeness (QED) is 0.775. The molecule has 0 radical (unpaired) electrons. The first kappa shape index (κ1) is 19.9. The lowest BCUT2D eigenvalue weighted by atomic mass is 9.81. The van der Waals surface area contributed by atoms with Gasteiger partial charge in [0.25, 0.3) is 0 Å². The summed E-state index contributed by atoms with van der Waals surface area (Å²) >= 11 is 6.06. The molecule has 0 unspecified atom stereocenters. The van der Waals surface area contributed by atoms with Gasteiger partial charge in [0, 0.05) is 36.6 Å². The molecule has 3 aliphatic heterocycles. The normalized spacial score (nSPS) is 23.5. The maximum Gasteiger partial charge on any atom is 0.161 e. The molecule has 1 fully saturated rings. The number of fused-ring (bicyclic) bond motifs is 2. The smallest absolute Gasteiger partial charge is 0.161 e. The van der Waals surface area contributed by atoms with E-state index in [-0.39, 0.29) is 5.60 Å². The Hall–Kier alpha value is -1.99. The number of aliphatic hydroxyl groups excluding tert-OH is 2. The van der Waals surface area contributed by atoms with Crippen LogP contribution in [0.5, 0.6) is 17.2 Å². The van der Waals surface area contributed by atoms with E-state index in [2.05, 4.69) is 4.90 Å². The van der Waals surface area contributed by atoms with Gasteiger partial charge in [0.2, 0.25) is 0 Å². The van der Waals surface area contributed by atoms with Gasteiger partial charge < -0.3 is 29.3 Å². The van der Waals surface area contributed by atoms with Gasteiger partial charge in [0.1, 0.15) is 24.6 Å². The molecule has 2 atom stereocenters. The highest BCUT2D eigenvalue weighted by Gasteiger charge is 2.43. The summed E-state index contributed by atoms with van der Waals surface area (Å²) in [5, 5.41) is 22.0. The fourth-order valence-electron chi connectivity index (χ4n) is 4.68. The predicted molar refractivity (Wildman–Crippen MR) is 112 cm³/mol. The van der Waals surface area contributed by atoms with E-state index < -0.39 is 12.2 Å². The highest BCUT2D eigenvalue weighted by atomic mass is 35.5. The van der Waals surface area contributed by atoms with Crippen molar-refractivity contribution >= 4 is 11.6 Å². The van der Waals surface area contributed by atoms with Gasteiger partial charge in [-0.3, -0.25) is 0 Å². The molecule has 0 saturated carbocycles. The van der Waals surface area contributed by atoms with Gasteiger partial charge in [0.05, 0.1) is 12.2 Å². The molecule has 6 nitrogen and oxygen atoms in total. The maximum absolute atomic E-state index is 10.8. The van der Waals surface area contributed by atoms with Crippen LogP contribution in [0, 0.1) is 0 Å². The van der Waals surface area contributed by atoms with Gasteiger partial charge in [-0.15, -0.1) is 0 Å². The molecule has 0 bridgehead atoms. The van der Waals surface area contributed by atoms with Crippen LogP contribution in [0.3, 0.4) is 0 Å². The molecule has 3 heterocycles. The SMILES string of the molecule is O[C@@H](CN1CCC2(CC1)C[C@H](O)c1cc(Cl)ccc1O2)c1ccc2c(c1)OCCO2. The second kappa shape index (κ2) is 7.93. The first-order valence-electron chi connectivity index (χ1n) is 10.5. The van der Waals surface area contributed by atoms with Gasteiger partial charge in [-0.1, -0.05) is 17.7 Å². The number of hydrogen-bond donors (Lipinski definition) is 2. The molecular weight excluding hydrogens is 406 g/mol. The van der Waals surface area contributed by atoms with Crippen molar-refractivity contribution in [2.75, 3.05) is 32.8 Å². The number of rotatable bonds is 3. The van der Waals surface area contributed by atoms with Crippen molar-refractivity contribution in [3.63, 3.8) is 0 Å². The first-order chi connectivity index (χ1) is 14.5. The Balaban J connectivity index is 1.22. The van der Waals surface area contributed by atoms with Crippen molar-refractivity contribution in [1.82, 2.24) is 4.90 Å². The second-order valence-electron chi connectivity index (χ2n) is 8.41. The predicted octanol–water partition coefficient (Wildman–Crippen LogP) is 3.50. The number of β-amino-alcohol motifs (C(OH)–C–C–N with tert-alkyl or cyclic N) is 1.